The number of morpholine rings is 1. The summed E-state index contributed by atoms with van der Waals surface area (Å²) in [7, 11) is 0. The van der Waals surface area contributed by atoms with Gasteiger partial charge in [-0.2, -0.15) is 0 Å². The second kappa shape index (κ2) is 9.52. The van der Waals surface area contributed by atoms with E-state index in [0.717, 1.165) is 18.2 Å². The van der Waals surface area contributed by atoms with E-state index < -0.39 is 121 Å². The number of rotatable bonds is 6. The molecule has 0 radical (unpaired) electrons. The summed E-state index contributed by atoms with van der Waals surface area (Å²) in [6.45, 7) is -25.2. The van der Waals surface area contributed by atoms with E-state index in [9.17, 15) is 14.4 Å². The molecule has 34 heavy (non-hydrogen) atoms. The van der Waals surface area contributed by atoms with Crippen molar-refractivity contribution in [2.24, 2.45) is 0 Å². The quantitative estimate of drug-likeness (QED) is 0.609. The number of amides is 3. The number of nitrogens with zero attached hydrogens (tertiary/aromatic N) is 2. The van der Waals surface area contributed by atoms with Gasteiger partial charge in [0.1, 0.15) is 11.8 Å². The zero-order valence-electron chi connectivity index (χ0n) is 35.9. The number of carbonyl (C=O) groups is 3. The molecule has 2 aromatic carbocycles. The lowest BCUT2D eigenvalue weighted by Crippen LogP contribution is -2.52. The van der Waals surface area contributed by atoms with Crippen molar-refractivity contribution in [1.82, 2.24) is 15.1 Å². The van der Waals surface area contributed by atoms with Gasteiger partial charge in [0.2, 0.25) is 11.8 Å². The van der Waals surface area contributed by atoms with Crippen LogP contribution in [0.5, 0.6) is 0 Å². The smallest absolute Gasteiger partial charge is 0.255 e. The number of piperidine rings is 1. The summed E-state index contributed by atoms with van der Waals surface area (Å²) in [5.41, 5.74) is -4.29. The highest BCUT2D eigenvalue weighted by Gasteiger charge is 2.39. The van der Waals surface area contributed by atoms with Crippen molar-refractivity contribution in [1.29, 1.82) is 0 Å². The van der Waals surface area contributed by atoms with Crippen LogP contribution in [-0.2, 0) is 33.8 Å². The lowest BCUT2D eigenvalue weighted by molar-refractivity contribution is -0.136. The van der Waals surface area contributed by atoms with Crippen LogP contribution < -0.4 is 10.6 Å². The number of ether oxygens (including phenoxy) is 1. The highest BCUT2D eigenvalue weighted by Crippen LogP contribution is 2.32. The highest BCUT2D eigenvalue weighted by molar-refractivity contribution is 6.06. The van der Waals surface area contributed by atoms with Crippen molar-refractivity contribution in [3.8, 4) is 0 Å². The van der Waals surface area contributed by atoms with E-state index in [0.29, 0.717) is 18.2 Å². The molecule has 0 aliphatic carbocycles. The van der Waals surface area contributed by atoms with Crippen molar-refractivity contribution in [3.05, 3.63) is 64.5 Å². The van der Waals surface area contributed by atoms with Crippen LogP contribution in [-0.4, -0.2) is 59.7 Å². The summed E-state index contributed by atoms with van der Waals surface area (Å²) >= 11 is 0. The number of benzene rings is 2. The van der Waals surface area contributed by atoms with Crippen LogP contribution in [0.2, 0.25) is 0 Å². The van der Waals surface area contributed by atoms with E-state index in [1.165, 1.54) is 5.32 Å². The van der Waals surface area contributed by atoms with Gasteiger partial charge in [-0.1, -0.05) is 12.1 Å². The molecule has 3 amide bonds. The molecule has 1 unspecified atom stereocenters. The molecule has 1 atom stereocenters. The summed E-state index contributed by atoms with van der Waals surface area (Å²) < 4.78 is 177. The molecule has 0 aromatic heterocycles. The summed E-state index contributed by atoms with van der Waals surface area (Å²) in [5, 5.41) is 3.56. The summed E-state index contributed by atoms with van der Waals surface area (Å²) in [4.78, 5) is 38.1. The molecule has 0 bridgehead atoms. The molecule has 5 rings (SSSR count). The van der Waals surface area contributed by atoms with Gasteiger partial charge in [-0.25, -0.2) is 4.39 Å². The Hall–Kier alpha value is -3.30. The second-order valence-electron chi connectivity index (χ2n) is 6.78. The maximum Gasteiger partial charge on any atom is 0.255 e. The van der Waals surface area contributed by atoms with Gasteiger partial charge in [0.15, 0.2) is 0 Å². The van der Waals surface area contributed by atoms with E-state index in [4.69, 9.17) is 26.0 Å². The number of hydrogen-bond donors (Lipinski definition) is 2. The van der Waals surface area contributed by atoms with Crippen LogP contribution in [0.3, 0.4) is 0 Å². The Balaban J connectivity index is 1.60. The topological polar surface area (TPSA) is 91.0 Å². The molecule has 2 fully saturated rings. The number of anilines is 1. The minimum absolute atomic E-state index is 0.262. The monoisotopic (exact) mass is 485 g/mol. The number of hydrogen-bond acceptors (Lipinski definition) is 6. The van der Waals surface area contributed by atoms with Crippen LogP contribution in [0.4, 0.5) is 10.1 Å². The molecule has 9 heteroatoms. The third-order valence-electron chi connectivity index (χ3n) is 4.64. The first-order valence-corrected chi connectivity index (χ1v) is 9.53. The zero-order chi connectivity index (χ0) is 40.7. The largest absolute Gasteiger partial charge is 0.381 e. The lowest BCUT2D eigenvalue weighted by atomic mass is 10.0. The van der Waals surface area contributed by atoms with Gasteiger partial charge in [-0.3, -0.25) is 24.6 Å². The third kappa shape index (κ3) is 4.53. The maximum absolute atomic E-state index is 15.4. The van der Waals surface area contributed by atoms with Crippen LogP contribution in [0.1, 0.15) is 65.8 Å². The molecular formula is C25H27FN4O4. The van der Waals surface area contributed by atoms with Crippen molar-refractivity contribution < 1.29 is 49.6 Å². The molecule has 2 N–H and O–H groups in total. The van der Waals surface area contributed by atoms with Crippen molar-refractivity contribution >= 4 is 23.4 Å². The SMILES string of the molecule is [2H]C([2H])(Nc1cccc2c1C([2H])([2H])N(C1([2H])C(=O)NC(=O)C([2H])([2H])C1([2H])[2H])C2=O)c1cc(C([2H])([2H])N2C([2H])([2H])C([2H])([2H])OC([2H])([2H])C2([2H])[2H])ccc1F. The molecule has 178 valence electrons. The molecular weight excluding hydrogens is 439 g/mol. The molecule has 2 saturated heterocycles. The average molecular weight is 486 g/mol. The summed E-state index contributed by atoms with van der Waals surface area (Å²) in [5.74, 6) is -6.70. The summed E-state index contributed by atoms with van der Waals surface area (Å²) in [6, 6.07) is 0.655. The van der Waals surface area contributed by atoms with E-state index in [2.05, 4.69) is 10.1 Å². The third-order valence-corrected chi connectivity index (χ3v) is 4.64. The minimum Gasteiger partial charge on any atom is -0.381 e. The first kappa shape index (κ1) is 9.39. The van der Waals surface area contributed by atoms with Gasteiger partial charge in [0.05, 0.1) is 25.5 Å². The van der Waals surface area contributed by atoms with Crippen LogP contribution in [0.25, 0.3) is 0 Å². The Bertz CT molecular complexity index is 1920. The standard InChI is InChI=1S/C25H27FN4O4/c26-20-5-4-16(14-29-8-10-34-11-9-29)12-17(20)13-27-21-3-1-2-18-19(21)15-30(25(18)33)22-6-7-23(31)28-24(22)32/h1-5,12,22,27H,6-11,13-15H2,(H,28,31,32)/i6D2,7D2,8D2,9D2,10D2,11D2,13D2,14D2,15D2,22D. The molecule has 3 aliphatic heterocycles. The van der Waals surface area contributed by atoms with Gasteiger partial charge >= 0.3 is 0 Å². The van der Waals surface area contributed by atoms with Gasteiger partial charge in [0.25, 0.3) is 5.91 Å². The molecule has 8 nitrogen and oxygen atoms in total. The Labute approximate surface area is 223 Å². The first-order chi connectivity index (χ1) is 23.6. The second-order valence-corrected chi connectivity index (χ2v) is 6.78. The van der Waals surface area contributed by atoms with E-state index in [1.807, 2.05) is 0 Å². The number of carbonyl (C=O) groups excluding carboxylic acids is 3. The van der Waals surface area contributed by atoms with E-state index in [-0.39, 0.29) is 4.90 Å². The predicted molar refractivity (Wildman–Crippen MR) is 122 cm³/mol. The molecule has 3 heterocycles. The Morgan fingerprint density at radius 3 is 2.88 bits per heavy atom. The number of halogens is 1. The lowest BCUT2D eigenvalue weighted by Gasteiger charge is -2.29. The van der Waals surface area contributed by atoms with Crippen LogP contribution in [0, 0.1) is 5.82 Å². The van der Waals surface area contributed by atoms with E-state index in [1.54, 1.807) is 0 Å². The number of fused-ring (bicyclic) bond motifs is 1. The normalized spacial score (nSPS) is 42.6. The molecule has 0 spiro atoms. The molecule has 0 saturated carbocycles. The number of nitrogens with one attached hydrogen (secondary N) is 2. The van der Waals surface area contributed by atoms with Gasteiger partial charge in [-0.05, 0) is 36.2 Å². The van der Waals surface area contributed by atoms with Gasteiger partial charge in [-0.15, -0.1) is 0 Å². The fraction of sp³-hybridized carbons (Fsp3) is 0.400. The fourth-order valence-corrected chi connectivity index (χ4v) is 3.12. The highest BCUT2D eigenvalue weighted by atomic mass is 19.1. The maximum atomic E-state index is 15.4. The van der Waals surface area contributed by atoms with Crippen LogP contribution in [0.15, 0.2) is 36.4 Å². The Morgan fingerprint density at radius 1 is 1.24 bits per heavy atom. The summed E-state index contributed by atoms with van der Waals surface area (Å²) in [6.07, 6.45) is -7.55. The van der Waals surface area contributed by atoms with Crippen molar-refractivity contribution in [2.45, 2.75) is 38.3 Å². The predicted octanol–water partition coefficient (Wildman–Crippen LogP) is 2.03. The fourth-order valence-electron chi connectivity index (χ4n) is 3.12. The minimum atomic E-state index is -3.89. The van der Waals surface area contributed by atoms with Crippen molar-refractivity contribution in [2.75, 3.05) is 31.4 Å². The molecule has 2 aromatic rings. The Morgan fingerprint density at radius 2 is 2.06 bits per heavy atom. The zero-order valence-corrected chi connectivity index (χ0v) is 16.9. The van der Waals surface area contributed by atoms with E-state index >= 15 is 4.39 Å². The average Bonchev–Trinajstić information content (AvgIpc) is 3.19. The van der Waals surface area contributed by atoms with Crippen LogP contribution >= 0.6 is 0 Å². The molecule has 3 aliphatic rings. The van der Waals surface area contributed by atoms with Gasteiger partial charge in [0, 0.05) is 74.9 Å². The Kier molecular flexibility index (Phi) is 2.63. The van der Waals surface area contributed by atoms with Gasteiger partial charge < -0.3 is 15.0 Å². The first-order valence-electron chi connectivity index (χ1n) is 19.0. The number of imide groups is 1. The van der Waals surface area contributed by atoms with Crippen molar-refractivity contribution in [3.63, 3.8) is 0 Å².